The first-order valence-corrected chi connectivity index (χ1v) is 5.29. The molecule has 1 fully saturated rings. The molecular formula is C9H12N4O2S. The van der Waals surface area contributed by atoms with E-state index in [0.29, 0.717) is 18.8 Å². The van der Waals surface area contributed by atoms with Crippen LogP contribution in [0.1, 0.15) is 6.42 Å². The van der Waals surface area contributed by atoms with E-state index in [0.717, 1.165) is 0 Å². The smallest absolute Gasteiger partial charge is 0.237 e. The van der Waals surface area contributed by atoms with Crippen molar-refractivity contribution in [3.8, 4) is 5.88 Å². The van der Waals surface area contributed by atoms with Crippen molar-refractivity contribution >= 4 is 30.3 Å². The number of rotatable bonds is 2. The summed E-state index contributed by atoms with van der Waals surface area (Å²) in [5.74, 6) is 0.848. The lowest BCUT2D eigenvalue weighted by Gasteiger charge is -2.14. The van der Waals surface area contributed by atoms with Crippen LogP contribution in [0.2, 0.25) is 0 Å². The van der Waals surface area contributed by atoms with Gasteiger partial charge in [-0.25, -0.2) is 0 Å². The molecule has 0 radical (unpaired) electrons. The van der Waals surface area contributed by atoms with Crippen LogP contribution in [0.5, 0.6) is 5.88 Å². The molecule has 2 rings (SSSR count). The molecule has 16 heavy (non-hydrogen) atoms. The van der Waals surface area contributed by atoms with Crippen molar-refractivity contribution in [2.75, 3.05) is 24.3 Å². The first kappa shape index (κ1) is 11.0. The van der Waals surface area contributed by atoms with Crippen molar-refractivity contribution in [1.82, 2.24) is 9.97 Å². The summed E-state index contributed by atoms with van der Waals surface area (Å²) in [6, 6.07) is 1.50. The first-order chi connectivity index (χ1) is 7.60. The minimum Gasteiger partial charge on any atom is -0.481 e. The minimum absolute atomic E-state index is 0.0172. The third kappa shape index (κ3) is 2.04. The Labute approximate surface area is 98.2 Å². The summed E-state index contributed by atoms with van der Waals surface area (Å²) in [5.41, 5.74) is 5.59. The second kappa shape index (κ2) is 4.17. The van der Waals surface area contributed by atoms with Crippen LogP contribution >= 0.6 is 12.6 Å². The molecule has 86 valence electrons. The number of thiol groups is 1. The van der Waals surface area contributed by atoms with Crippen LogP contribution in [0, 0.1) is 0 Å². The fourth-order valence-electron chi connectivity index (χ4n) is 1.54. The Morgan fingerprint density at radius 1 is 1.62 bits per heavy atom. The van der Waals surface area contributed by atoms with Gasteiger partial charge in [0.2, 0.25) is 17.7 Å². The molecule has 6 nitrogen and oxygen atoms in total. The summed E-state index contributed by atoms with van der Waals surface area (Å²) < 4.78 is 4.97. The van der Waals surface area contributed by atoms with Crippen molar-refractivity contribution in [2.24, 2.45) is 0 Å². The van der Waals surface area contributed by atoms with E-state index in [2.05, 4.69) is 22.6 Å². The van der Waals surface area contributed by atoms with Crippen LogP contribution in [0.4, 0.5) is 11.8 Å². The number of nitrogens with two attached hydrogens (primary N) is 1. The number of carbonyl (C=O) groups is 1. The SMILES string of the molecule is COc1cc(N)nc(N2CC(S)CC2=O)n1. The van der Waals surface area contributed by atoms with Crippen LogP contribution in [0.3, 0.4) is 0 Å². The summed E-state index contributed by atoms with van der Waals surface area (Å²) in [6.07, 6.45) is 0.392. The average Bonchev–Trinajstić information content (AvgIpc) is 2.57. The van der Waals surface area contributed by atoms with Gasteiger partial charge in [-0.3, -0.25) is 9.69 Å². The summed E-state index contributed by atoms with van der Waals surface area (Å²) in [4.78, 5) is 21.2. The second-order valence-electron chi connectivity index (χ2n) is 3.50. The Morgan fingerprint density at radius 3 is 2.94 bits per heavy atom. The number of nitrogen functional groups attached to an aromatic ring is 1. The van der Waals surface area contributed by atoms with Gasteiger partial charge in [-0.1, -0.05) is 0 Å². The number of carbonyl (C=O) groups excluding carboxylic acids is 1. The number of hydrogen-bond acceptors (Lipinski definition) is 6. The van der Waals surface area contributed by atoms with E-state index >= 15 is 0 Å². The van der Waals surface area contributed by atoms with E-state index in [4.69, 9.17) is 10.5 Å². The zero-order valence-electron chi connectivity index (χ0n) is 8.75. The maximum atomic E-state index is 11.6. The topological polar surface area (TPSA) is 81.3 Å². The molecule has 1 aromatic heterocycles. The molecule has 1 unspecified atom stereocenters. The van der Waals surface area contributed by atoms with Crippen LogP contribution in [0.15, 0.2) is 6.07 Å². The molecule has 1 atom stereocenters. The molecular weight excluding hydrogens is 228 g/mol. The van der Waals surface area contributed by atoms with E-state index < -0.39 is 0 Å². The number of amides is 1. The zero-order chi connectivity index (χ0) is 11.7. The molecule has 0 spiro atoms. The Balaban J connectivity index is 2.33. The van der Waals surface area contributed by atoms with E-state index in [1.54, 1.807) is 0 Å². The highest BCUT2D eigenvalue weighted by molar-refractivity contribution is 7.81. The fraction of sp³-hybridized carbons (Fsp3) is 0.444. The van der Waals surface area contributed by atoms with Crippen molar-refractivity contribution in [3.05, 3.63) is 6.07 Å². The molecule has 1 amide bonds. The Hall–Kier alpha value is -1.50. The predicted molar refractivity (Wildman–Crippen MR) is 62.7 cm³/mol. The van der Waals surface area contributed by atoms with E-state index in [1.807, 2.05) is 0 Å². The number of methoxy groups -OCH3 is 1. The molecule has 0 bridgehead atoms. The van der Waals surface area contributed by atoms with Gasteiger partial charge in [0.25, 0.3) is 0 Å². The Kier molecular flexibility index (Phi) is 2.86. The molecule has 2 heterocycles. The largest absolute Gasteiger partial charge is 0.481 e. The van der Waals surface area contributed by atoms with E-state index in [1.165, 1.54) is 18.1 Å². The molecule has 1 aliphatic rings. The maximum Gasteiger partial charge on any atom is 0.237 e. The molecule has 7 heteroatoms. The molecule has 1 aromatic rings. The maximum absolute atomic E-state index is 11.6. The molecule has 0 aromatic carbocycles. The lowest BCUT2D eigenvalue weighted by molar-refractivity contribution is -0.117. The number of nitrogens with zero attached hydrogens (tertiary/aromatic N) is 3. The van der Waals surface area contributed by atoms with Crippen LogP contribution < -0.4 is 15.4 Å². The van der Waals surface area contributed by atoms with Crippen LogP contribution in [-0.2, 0) is 4.79 Å². The average molecular weight is 240 g/mol. The highest BCUT2D eigenvalue weighted by Crippen LogP contribution is 2.23. The molecule has 2 N–H and O–H groups in total. The van der Waals surface area contributed by atoms with Crippen LogP contribution in [0.25, 0.3) is 0 Å². The summed E-state index contributed by atoms with van der Waals surface area (Å²) in [6.45, 7) is 0.495. The summed E-state index contributed by atoms with van der Waals surface area (Å²) >= 11 is 4.26. The van der Waals surface area contributed by atoms with Gasteiger partial charge in [0, 0.05) is 24.3 Å². The van der Waals surface area contributed by atoms with E-state index in [-0.39, 0.29) is 22.9 Å². The number of anilines is 2. The quantitative estimate of drug-likeness (QED) is 0.717. The third-order valence-electron chi connectivity index (χ3n) is 2.27. The first-order valence-electron chi connectivity index (χ1n) is 4.77. The second-order valence-corrected chi connectivity index (χ2v) is 4.23. The predicted octanol–water partition coefficient (Wildman–Crippen LogP) is 0.102. The molecule has 1 saturated heterocycles. The lowest BCUT2D eigenvalue weighted by atomic mass is 10.4. The third-order valence-corrected chi connectivity index (χ3v) is 2.61. The monoisotopic (exact) mass is 240 g/mol. The fourth-order valence-corrected chi connectivity index (χ4v) is 1.86. The number of hydrogen-bond donors (Lipinski definition) is 2. The van der Waals surface area contributed by atoms with Gasteiger partial charge in [-0.05, 0) is 0 Å². The minimum atomic E-state index is -0.0485. The highest BCUT2D eigenvalue weighted by atomic mass is 32.1. The van der Waals surface area contributed by atoms with Crippen molar-refractivity contribution < 1.29 is 9.53 Å². The Bertz CT molecular complexity index is 426. The van der Waals surface area contributed by atoms with E-state index in [9.17, 15) is 4.79 Å². The number of aromatic nitrogens is 2. The van der Waals surface area contributed by atoms with Crippen LogP contribution in [-0.4, -0.2) is 34.8 Å². The van der Waals surface area contributed by atoms with Gasteiger partial charge in [0.15, 0.2) is 0 Å². The van der Waals surface area contributed by atoms with Crippen molar-refractivity contribution in [3.63, 3.8) is 0 Å². The normalized spacial score (nSPS) is 20.2. The van der Waals surface area contributed by atoms with Crippen molar-refractivity contribution in [1.29, 1.82) is 0 Å². The van der Waals surface area contributed by atoms with Crippen molar-refractivity contribution in [2.45, 2.75) is 11.7 Å². The summed E-state index contributed by atoms with van der Waals surface area (Å²) in [7, 11) is 1.48. The highest BCUT2D eigenvalue weighted by Gasteiger charge is 2.30. The molecule has 0 saturated carbocycles. The zero-order valence-corrected chi connectivity index (χ0v) is 9.65. The number of ether oxygens (including phenoxy) is 1. The molecule has 0 aliphatic carbocycles. The molecule has 1 aliphatic heterocycles. The van der Waals surface area contributed by atoms with Gasteiger partial charge in [0.05, 0.1) is 7.11 Å². The van der Waals surface area contributed by atoms with Gasteiger partial charge in [-0.2, -0.15) is 22.6 Å². The standard InChI is InChI=1S/C9H12N4O2S/c1-15-7-3-6(10)11-9(12-7)13-4-5(16)2-8(13)14/h3,5,16H,2,4H2,1H3,(H2,10,11,12). The summed E-state index contributed by atoms with van der Waals surface area (Å²) in [5, 5.41) is 0.0172. The van der Waals surface area contributed by atoms with Gasteiger partial charge in [0.1, 0.15) is 5.82 Å². The lowest BCUT2D eigenvalue weighted by Crippen LogP contribution is -2.27. The van der Waals surface area contributed by atoms with Gasteiger partial charge < -0.3 is 10.5 Å². The Morgan fingerprint density at radius 2 is 2.38 bits per heavy atom. The van der Waals surface area contributed by atoms with Gasteiger partial charge in [-0.15, -0.1) is 0 Å². The van der Waals surface area contributed by atoms with Gasteiger partial charge >= 0.3 is 0 Å².